The van der Waals surface area contributed by atoms with E-state index in [0.717, 1.165) is 39.1 Å². The van der Waals surface area contributed by atoms with Gasteiger partial charge in [-0.05, 0) is 32.7 Å². The number of hydrogen-bond acceptors (Lipinski definition) is 5. The van der Waals surface area contributed by atoms with E-state index in [0.29, 0.717) is 11.8 Å². The van der Waals surface area contributed by atoms with Gasteiger partial charge in [-0.25, -0.2) is 8.42 Å². The van der Waals surface area contributed by atoms with E-state index in [1.54, 1.807) is 0 Å². The Bertz CT molecular complexity index is 413. The van der Waals surface area contributed by atoms with Crippen molar-refractivity contribution < 1.29 is 13.2 Å². The summed E-state index contributed by atoms with van der Waals surface area (Å²) in [5, 5.41) is 3.49. The summed E-state index contributed by atoms with van der Waals surface area (Å²) in [6.07, 6.45) is 8.00. The van der Waals surface area contributed by atoms with Crippen LogP contribution in [0.2, 0.25) is 0 Å². The van der Waals surface area contributed by atoms with Crippen molar-refractivity contribution in [1.82, 2.24) is 10.2 Å². The Hall–Kier alpha value is -0.170. The third kappa shape index (κ3) is 4.41. The van der Waals surface area contributed by atoms with Crippen molar-refractivity contribution in [2.45, 2.75) is 50.1 Å². The second kappa shape index (κ2) is 7.40. The fourth-order valence-corrected chi connectivity index (χ4v) is 4.80. The first-order valence-corrected chi connectivity index (χ1v) is 10.2. The van der Waals surface area contributed by atoms with Crippen LogP contribution >= 0.6 is 0 Å². The molecule has 2 fully saturated rings. The number of likely N-dealkylation sites (N-methyl/N-ethyl adjacent to an activating group) is 1. The molecule has 1 unspecified atom stereocenters. The molecule has 0 aromatic rings. The molecule has 124 valence electrons. The van der Waals surface area contributed by atoms with Gasteiger partial charge in [0.25, 0.3) is 0 Å². The van der Waals surface area contributed by atoms with E-state index in [4.69, 9.17) is 4.74 Å². The van der Waals surface area contributed by atoms with Crippen molar-refractivity contribution in [3.63, 3.8) is 0 Å². The number of hydrogen-bond donors (Lipinski definition) is 1. The Morgan fingerprint density at radius 1 is 1.24 bits per heavy atom. The van der Waals surface area contributed by atoms with Crippen LogP contribution in [0.5, 0.6) is 0 Å². The van der Waals surface area contributed by atoms with Crippen LogP contribution < -0.4 is 5.32 Å². The maximum absolute atomic E-state index is 11.4. The molecule has 1 heterocycles. The predicted octanol–water partition coefficient (Wildman–Crippen LogP) is 1.04. The molecular formula is C15H30N2O3S. The zero-order chi connectivity index (χ0) is 15.3. The van der Waals surface area contributed by atoms with Gasteiger partial charge in [0.05, 0.1) is 13.2 Å². The van der Waals surface area contributed by atoms with E-state index in [-0.39, 0.29) is 5.54 Å². The molecule has 1 atom stereocenters. The maximum Gasteiger partial charge on any atom is 0.147 e. The van der Waals surface area contributed by atoms with Crippen LogP contribution in [-0.4, -0.2) is 70.3 Å². The molecule has 0 spiro atoms. The van der Waals surface area contributed by atoms with Gasteiger partial charge in [0.1, 0.15) is 9.84 Å². The Balaban J connectivity index is 2.03. The minimum absolute atomic E-state index is 0.204. The molecule has 1 aliphatic carbocycles. The van der Waals surface area contributed by atoms with E-state index in [1.165, 1.54) is 31.9 Å². The molecule has 1 aliphatic heterocycles. The third-order valence-corrected chi connectivity index (χ3v) is 6.15. The lowest BCUT2D eigenvalue weighted by Gasteiger charge is -2.48. The lowest BCUT2D eigenvalue weighted by atomic mass is 9.83. The second-order valence-corrected chi connectivity index (χ2v) is 8.78. The van der Waals surface area contributed by atoms with Crippen LogP contribution in [0.4, 0.5) is 0 Å². The molecule has 2 aliphatic rings. The average molecular weight is 318 g/mol. The lowest BCUT2D eigenvalue weighted by molar-refractivity contribution is -0.0359. The Labute approximate surface area is 129 Å². The number of sulfone groups is 1. The highest BCUT2D eigenvalue weighted by Gasteiger charge is 2.45. The second-order valence-electron chi connectivity index (χ2n) is 6.52. The minimum Gasteiger partial charge on any atom is -0.379 e. The van der Waals surface area contributed by atoms with E-state index in [2.05, 4.69) is 10.2 Å². The fourth-order valence-electron chi connectivity index (χ4n) is 4.11. The lowest BCUT2D eigenvalue weighted by Crippen LogP contribution is -2.61. The molecule has 1 saturated carbocycles. The van der Waals surface area contributed by atoms with Gasteiger partial charge in [0.2, 0.25) is 0 Å². The largest absolute Gasteiger partial charge is 0.379 e. The van der Waals surface area contributed by atoms with Gasteiger partial charge < -0.3 is 10.1 Å². The summed E-state index contributed by atoms with van der Waals surface area (Å²) in [6, 6.07) is 0.375. The highest BCUT2D eigenvalue weighted by atomic mass is 32.2. The number of morpholine rings is 1. The number of nitrogens with one attached hydrogen (secondary N) is 1. The van der Waals surface area contributed by atoms with Gasteiger partial charge in [-0.1, -0.05) is 12.8 Å². The standard InChI is InChI=1S/C15H30N2O3S/c1-16-14(6-5-13-21(2,18)19)15(7-3-4-8-15)17-9-11-20-12-10-17/h14,16H,3-13H2,1-2H3. The van der Waals surface area contributed by atoms with Gasteiger partial charge in [-0.15, -0.1) is 0 Å². The fraction of sp³-hybridized carbons (Fsp3) is 1.00. The van der Waals surface area contributed by atoms with Gasteiger partial charge >= 0.3 is 0 Å². The molecule has 2 rings (SSSR count). The topological polar surface area (TPSA) is 58.6 Å². The average Bonchev–Trinajstić information content (AvgIpc) is 2.94. The quantitative estimate of drug-likeness (QED) is 0.760. The van der Waals surface area contributed by atoms with Crippen molar-refractivity contribution in [1.29, 1.82) is 0 Å². The molecule has 1 saturated heterocycles. The number of ether oxygens (including phenoxy) is 1. The first-order chi connectivity index (χ1) is 9.98. The summed E-state index contributed by atoms with van der Waals surface area (Å²) in [5.74, 6) is 0.296. The molecule has 21 heavy (non-hydrogen) atoms. The first kappa shape index (κ1) is 17.2. The monoisotopic (exact) mass is 318 g/mol. The van der Waals surface area contributed by atoms with Crippen LogP contribution in [-0.2, 0) is 14.6 Å². The Kier molecular flexibility index (Phi) is 6.05. The molecule has 0 bridgehead atoms. The highest BCUT2D eigenvalue weighted by molar-refractivity contribution is 7.90. The molecule has 6 heteroatoms. The zero-order valence-electron chi connectivity index (χ0n) is 13.4. The van der Waals surface area contributed by atoms with Crippen molar-refractivity contribution >= 4 is 9.84 Å². The van der Waals surface area contributed by atoms with E-state index in [1.807, 2.05) is 7.05 Å². The van der Waals surface area contributed by atoms with Crippen LogP contribution in [0, 0.1) is 0 Å². The summed E-state index contributed by atoms with van der Waals surface area (Å²) in [4.78, 5) is 2.60. The van der Waals surface area contributed by atoms with Crippen molar-refractivity contribution in [2.24, 2.45) is 0 Å². The molecule has 0 amide bonds. The molecule has 5 nitrogen and oxygen atoms in total. The smallest absolute Gasteiger partial charge is 0.147 e. The number of rotatable bonds is 7. The van der Waals surface area contributed by atoms with Crippen LogP contribution in [0.15, 0.2) is 0 Å². The van der Waals surface area contributed by atoms with E-state index < -0.39 is 9.84 Å². The highest BCUT2D eigenvalue weighted by Crippen LogP contribution is 2.40. The molecule has 1 N–H and O–H groups in total. The summed E-state index contributed by atoms with van der Waals surface area (Å²) < 4.78 is 28.2. The van der Waals surface area contributed by atoms with Gasteiger partial charge in [-0.3, -0.25) is 4.90 Å². The SMILES string of the molecule is CNC(CCCS(C)(=O)=O)C1(N2CCOCC2)CCCC1. The van der Waals surface area contributed by atoms with Crippen LogP contribution in [0.25, 0.3) is 0 Å². The van der Waals surface area contributed by atoms with Crippen LogP contribution in [0.3, 0.4) is 0 Å². The van der Waals surface area contributed by atoms with Crippen molar-refractivity contribution in [3.8, 4) is 0 Å². The van der Waals surface area contributed by atoms with Crippen molar-refractivity contribution in [2.75, 3.05) is 45.4 Å². The van der Waals surface area contributed by atoms with Crippen molar-refractivity contribution in [3.05, 3.63) is 0 Å². The first-order valence-electron chi connectivity index (χ1n) is 8.16. The van der Waals surface area contributed by atoms with E-state index >= 15 is 0 Å². The molecule has 0 radical (unpaired) electrons. The summed E-state index contributed by atoms with van der Waals surface area (Å²) in [7, 11) is -0.838. The third-order valence-electron chi connectivity index (χ3n) is 5.12. The van der Waals surface area contributed by atoms with Gasteiger partial charge in [-0.2, -0.15) is 0 Å². The summed E-state index contributed by atoms with van der Waals surface area (Å²) >= 11 is 0. The maximum atomic E-state index is 11.4. The van der Waals surface area contributed by atoms with E-state index in [9.17, 15) is 8.42 Å². The normalized spacial score (nSPS) is 25.0. The van der Waals surface area contributed by atoms with Gasteiger partial charge in [0, 0.05) is 36.7 Å². The summed E-state index contributed by atoms with van der Waals surface area (Å²) in [6.45, 7) is 3.65. The summed E-state index contributed by atoms with van der Waals surface area (Å²) in [5.41, 5.74) is 0.204. The molecule has 0 aromatic heterocycles. The molecule has 0 aromatic carbocycles. The predicted molar refractivity (Wildman–Crippen MR) is 85.4 cm³/mol. The zero-order valence-corrected chi connectivity index (χ0v) is 14.3. The minimum atomic E-state index is -2.86. The van der Waals surface area contributed by atoms with Gasteiger partial charge in [0.15, 0.2) is 0 Å². The Morgan fingerprint density at radius 2 is 1.86 bits per heavy atom. The number of nitrogens with zero attached hydrogens (tertiary/aromatic N) is 1. The van der Waals surface area contributed by atoms with Crippen LogP contribution in [0.1, 0.15) is 38.5 Å². The Morgan fingerprint density at radius 3 is 2.38 bits per heavy atom. The molecular weight excluding hydrogens is 288 g/mol.